The highest BCUT2D eigenvalue weighted by atomic mass is 16.5. The van der Waals surface area contributed by atoms with Gasteiger partial charge < -0.3 is 19.3 Å². The van der Waals surface area contributed by atoms with Gasteiger partial charge in [-0.3, -0.25) is 0 Å². The zero-order valence-electron chi connectivity index (χ0n) is 12.4. The van der Waals surface area contributed by atoms with Gasteiger partial charge in [0.1, 0.15) is 0 Å². The molecule has 2 unspecified atom stereocenters. The molecule has 4 nitrogen and oxygen atoms in total. The van der Waals surface area contributed by atoms with Crippen LogP contribution in [-0.4, -0.2) is 33.0 Å². The van der Waals surface area contributed by atoms with Gasteiger partial charge >= 0.3 is 0 Å². The van der Waals surface area contributed by atoms with Crippen molar-refractivity contribution in [3.63, 3.8) is 0 Å². The van der Waals surface area contributed by atoms with E-state index in [4.69, 9.17) is 14.2 Å². The van der Waals surface area contributed by atoms with Gasteiger partial charge in [0.15, 0.2) is 11.5 Å². The Bertz CT molecular complexity index is 378. The Hall–Kier alpha value is -1.42. The number of benzene rings is 1. The SMILES string of the molecule is COc1cc(CC(C)C(C)CO)cc(OC)c1OC. The van der Waals surface area contributed by atoms with Gasteiger partial charge in [0.2, 0.25) is 5.75 Å². The predicted molar refractivity (Wildman–Crippen MR) is 75.2 cm³/mol. The lowest BCUT2D eigenvalue weighted by Gasteiger charge is -2.19. The van der Waals surface area contributed by atoms with Crippen molar-refractivity contribution in [3.05, 3.63) is 17.7 Å². The summed E-state index contributed by atoms with van der Waals surface area (Å²) in [7, 11) is 4.82. The predicted octanol–water partition coefficient (Wildman–Crippen LogP) is 2.52. The normalized spacial score (nSPS) is 13.8. The van der Waals surface area contributed by atoms with E-state index in [2.05, 4.69) is 6.92 Å². The number of rotatable bonds is 7. The van der Waals surface area contributed by atoms with E-state index in [1.165, 1.54) is 0 Å². The molecule has 0 radical (unpaired) electrons. The van der Waals surface area contributed by atoms with E-state index < -0.39 is 0 Å². The molecule has 19 heavy (non-hydrogen) atoms. The first kappa shape index (κ1) is 15.6. The van der Waals surface area contributed by atoms with Gasteiger partial charge in [0.05, 0.1) is 21.3 Å². The smallest absolute Gasteiger partial charge is 0.203 e. The lowest BCUT2D eigenvalue weighted by Crippen LogP contribution is -2.14. The van der Waals surface area contributed by atoms with Crippen molar-refractivity contribution in [2.24, 2.45) is 11.8 Å². The fourth-order valence-corrected chi connectivity index (χ4v) is 2.01. The van der Waals surface area contributed by atoms with Gasteiger partial charge in [-0.2, -0.15) is 0 Å². The molecule has 108 valence electrons. The first-order chi connectivity index (χ1) is 9.07. The van der Waals surface area contributed by atoms with Gasteiger partial charge in [0, 0.05) is 6.61 Å². The number of ether oxygens (including phenoxy) is 3. The molecule has 1 aromatic rings. The number of hydrogen-bond acceptors (Lipinski definition) is 4. The van der Waals surface area contributed by atoms with E-state index in [1.54, 1.807) is 21.3 Å². The third-order valence-electron chi connectivity index (χ3n) is 3.54. The molecule has 0 fully saturated rings. The summed E-state index contributed by atoms with van der Waals surface area (Å²) in [4.78, 5) is 0. The van der Waals surface area contributed by atoms with Crippen LogP contribution in [0.3, 0.4) is 0 Å². The zero-order valence-corrected chi connectivity index (χ0v) is 12.4. The highest BCUT2D eigenvalue weighted by molar-refractivity contribution is 5.53. The van der Waals surface area contributed by atoms with Crippen LogP contribution in [0.4, 0.5) is 0 Å². The number of hydrogen-bond donors (Lipinski definition) is 1. The van der Waals surface area contributed by atoms with Crippen LogP contribution in [0.25, 0.3) is 0 Å². The third-order valence-corrected chi connectivity index (χ3v) is 3.54. The molecule has 2 atom stereocenters. The van der Waals surface area contributed by atoms with Gasteiger partial charge in [0.25, 0.3) is 0 Å². The molecule has 0 aromatic heterocycles. The highest BCUT2D eigenvalue weighted by Gasteiger charge is 2.17. The average molecular weight is 268 g/mol. The third kappa shape index (κ3) is 3.77. The van der Waals surface area contributed by atoms with Crippen LogP contribution in [0, 0.1) is 11.8 Å². The maximum absolute atomic E-state index is 9.20. The summed E-state index contributed by atoms with van der Waals surface area (Å²) >= 11 is 0. The number of aliphatic hydroxyl groups excluding tert-OH is 1. The fraction of sp³-hybridized carbons (Fsp3) is 0.600. The molecule has 1 rings (SSSR count). The molecule has 0 saturated carbocycles. The van der Waals surface area contributed by atoms with Crippen LogP contribution in [-0.2, 0) is 6.42 Å². The molecule has 1 N–H and O–H groups in total. The van der Waals surface area contributed by atoms with Crippen molar-refractivity contribution in [3.8, 4) is 17.2 Å². The maximum Gasteiger partial charge on any atom is 0.203 e. The second-order valence-electron chi connectivity index (χ2n) is 4.87. The first-order valence-electron chi connectivity index (χ1n) is 6.47. The summed E-state index contributed by atoms with van der Waals surface area (Å²) in [6.07, 6.45) is 0.860. The molecular formula is C15H24O4. The Morgan fingerprint density at radius 2 is 1.47 bits per heavy atom. The van der Waals surface area contributed by atoms with Crippen molar-refractivity contribution >= 4 is 0 Å². The van der Waals surface area contributed by atoms with Crippen LogP contribution in [0.1, 0.15) is 19.4 Å². The summed E-state index contributed by atoms with van der Waals surface area (Å²) in [6.45, 7) is 4.37. The minimum absolute atomic E-state index is 0.200. The molecule has 0 aliphatic heterocycles. The van der Waals surface area contributed by atoms with E-state index in [1.807, 2.05) is 19.1 Å². The Morgan fingerprint density at radius 3 is 1.84 bits per heavy atom. The second-order valence-corrected chi connectivity index (χ2v) is 4.87. The highest BCUT2D eigenvalue weighted by Crippen LogP contribution is 2.38. The van der Waals surface area contributed by atoms with E-state index in [-0.39, 0.29) is 12.5 Å². The van der Waals surface area contributed by atoms with Crippen LogP contribution in [0.15, 0.2) is 12.1 Å². The van der Waals surface area contributed by atoms with Crippen molar-refractivity contribution in [1.82, 2.24) is 0 Å². The minimum atomic E-state index is 0.200. The molecular weight excluding hydrogens is 244 g/mol. The van der Waals surface area contributed by atoms with Crippen molar-refractivity contribution in [1.29, 1.82) is 0 Å². The summed E-state index contributed by atoms with van der Waals surface area (Å²) in [5.41, 5.74) is 1.11. The monoisotopic (exact) mass is 268 g/mol. The quantitative estimate of drug-likeness (QED) is 0.825. The largest absolute Gasteiger partial charge is 0.493 e. The molecule has 4 heteroatoms. The Morgan fingerprint density at radius 1 is 0.947 bits per heavy atom. The summed E-state index contributed by atoms with van der Waals surface area (Å²) in [6, 6.07) is 3.92. The Kier molecular flexibility index (Phi) is 5.96. The van der Waals surface area contributed by atoms with Crippen molar-refractivity contribution in [2.45, 2.75) is 20.3 Å². The standard InChI is InChI=1S/C15H24O4/c1-10(11(2)9-16)6-12-7-13(17-3)15(19-5)14(8-12)18-4/h7-8,10-11,16H,6,9H2,1-5H3. The molecule has 0 spiro atoms. The summed E-state index contributed by atoms with van der Waals surface area (Å²) in [5, 5.41) is 9.20. The minimum Gasteiger partial charge on any atom is -0.493 e. The molecule has 1 aromatic carbocycles. The molecule has 0 bridgehead atoms. The van der Waals surface area contributed by atoms with Crippen LogP contribution in [0.5, 0.6) is 17.2 Å². The molecule has 0 aliphatic rings. The fourth-order valence-electron chi connectivity index (χ4n) is 2.01. The first-order valence-corrected chi connectivity index (χ1v) is 6.47. The number of methoxy groups -OCH3 is 3. The van der Waals surface area contributed by atoms with Crippen LogP contribution in [0.2, 0.25) is 0 Å². The van der Waals surface area contributed by atoms with Crippen molar-refractivity contribution < 1.29 is 19.3 Å². The second kappa shape index (κ2) is 7.24. The Balaban J connectivity index is 3.02. The van der Waals surface area contributed by atoms with E-state index in [0.717, 1.165) is 12.0 Å². The van der Waals surface area contributed by atoms with Gasteiger partial charge in [-0.25, -0.2) is 0 Å². The van der Waals surface area contributed by atoms with Gasteiger partial charge in [-0.05, 0) is 36.0 Å². The maximum atomic E-state index is 9.20. The summed E-state index contributed by atoms with van der Waals surface area (Å²) in [5.74, 6) is 2.59. The lowest BCUT2D eigenvalue weighted by molar-refractivity contribution is 0.195. The topological polar surface area (TPSA) is 47.9 Å². The molecule has 0 saturated heterocycles. The summed E-state index contributed by atoms with van der Waals surface area (Å²) < 4.78 is 16.0. The van der Waals surface area contributed by atoms with E-state index >= 15 is 0 Å². The number of aliphatic hydroxyl groups is 1. The van der Waals surface area contributed by atoms with Gasteiger partial charge in [-0.1, -0.05) is 13.8 Å². The van der Waals surface area contributed by atoms with Crippen molar-refractivity contribution in [2.75, 3.05) is 27.9 Å². The molecule has 0 amide bonds. The van der Waals surface area contributed by atoms with E-state index in [9.17, 15) is 5.11 Å². The Labute approximate surface area is 115 Å². The molecule has 0 heterocycles. The van der Waals surface area contributed by atoms with Gasteiger partial charge in [-0.15, -0.1) is 0 Å². The van der Waals surface area contributed by atoms with Crippen LogP contribution >= 0.6 is 0 Å². The zero-order chi connectivity index (χ0) is 14.4. The van der Waals surface area contributed by atoms with E-state index in [0.29, 0.717) is 23.2 Å². The molecule has 0 aliphatic carbocycles. The average Bonchev–Trinajstić information content (AvgIpc) is 2.44. The lowest BCUT2D eigenvalue weighted by atomic mass is 9.90. The van der Waals surface area contributed by atoms with Crippen LogP contribution < -0.4 is 14.2 Å².